The minimum absolute atomic E-state index is 0.0488. The zero-order chi connectivity index (χ0) is 18.1. The molecule has 2 aromatic carbocycles. The van der Waals surface area contributed by atoms with Crippen LogP contribution in [0, 0.1) is 6.92 Å². The molecule has 2 rings (SSSR count). The highest BCUT2D eigenvalue weighted by Gasteiger charge is 2.10. The molecule has 0 unspecified atom stereocenters. The number of anilines is 1. The number of hydrogen-bond donors (Lipinski definition) is 1. The molecule has 25 heavy (non-hydrogen) atoms. The van der Waals surface area contributed by atoms with E-state index in [9.17, 15) is 4.79 Å². The van der Waals surface area contributed by atoms with E-state index in [1.54, 1.807) is 17.8 Å². The maximum Gasteiger partial charge on any atom is 0.234 e. The van der Waals surface area contributed by atoms with Crippen LogP contribution in [0.2, 0.25) is 0 Å². The molecule has 0 saturated heterocycles. The number of benzene rings is 2. The number of rotatable bonds is 9. The summed E-state index contributed by atoms with van der Waals surface area (Å²) in [4.78, 5) is 12.3. The van der Waals surface area contributed by atoms with Crippen molar-refractivity contribution in [2.24, 2.45) is 0 Å². The van der Waals surface area contributed by atoms with Gasteiger partial charge in [-0.3, -0.25) is 4.79 Å². The first-order chi connectivity index (χ1) is 12.1. The van der Waals surface area contributed by atoms with Crippen LogP contribution in [-0.4, -0.2) is 24.9 Å². The second-order valence-electron chi connectivity index (χ2n) is 5.55. The summed E-state index contributed by atoms with van der Waals surface area (Å²) >= 11 is 1.59. The number of aryl methyl sites for hydroxylation is 1. The monoisotopic (exact) mass is 359 g/mol. The molecule has 0 aromatic heterocycles. The Morgan fingerprint density at radius 1 is 1.08 bits per heavy atom. The van der Waals surface area contributed by atoms with Gasteiger partial charge in [-0.1, -0.05) is 29.8 Å². The minimum atomic E-state index is -0.0488. The van der Waals surface area contributed by atoms with E-state index in [1.807, 2.05) is 32.0 Å². The third kappa shape index (κ3) is 6.35. The molecule has 0 bridgehead atoms. The highest BCUT2D eigenvalue weighted by molar-refractivity contribution is 7.99. The first-order valence-corrected chi connectivity index (χ1v) is 9.60. The molecule has 5 heteroatoms. The Morgan fingerprint density at radius 2 is 1.88 bits per heavy atom. The van der Waals surface area contributed by atoms with Gasteiger partial charge in [-0.25, -0.2) is 0 Å². The molecular formula is C20H25NO3S. The molecule has 0 radical (unpaired) electrons. The van der Waals surface area contributed by atoms with Gasteiger partial charge >= 0.3 is 0 Å². The number of carbonyl (C=O) groups is 1. The summed E-state index contributed by atoms with van der Waals surface area (Å²) < 4.78 is 11.1. The second kappa shape index (κ2) is 9.99. The third-order valence-electron chi connectivity index (χ3n) is 3.42. The molecule has 0 atom stereocenters. The zero-order valence-corrected chi connectivity index (χ0v) is 15.8. The highest BCUT2D eigenvalue weighted by atomic mass is 32.2. The molecule has 134 valence electrons. The predicted octanol–water partition coefficient (Wildman–Crippen LogP) is 4.66. The Kier molecular flexibility index (Phi) is 7.67. The van der Waals surface area contributed by atoms with E-state index in [0.717, 1.165) is 5.75 Å². The van der Waals surface area contributed by atoms with Gasteiger partial charge in [0.15, 0.2) is 0 Å². The Labute approximate surface area is 153 Å². The van der Waals surface area contributed by atoms with Gasteiger partial charge in [0, 0.05) is 11.8 Å². The van der Waals surface area contributed by atoms with Crippen LogP contribution >= 0.6 is 11.8 Å². The van der Waals surface area contributed by atoms with E-state index in [0.29, 0.717) is 36.2 Å². The topological polar surface area (TPSA) is 47.6 Å². The Bertz CT molecular complexity index is 703. The first kappa shape index (κ1) is 19.2. The number of nitrogens with one attached hydrogen (secondary N) is 1. The molecule has 0 fully saturated rings. The van der Waals surface area contributed by atoms with Crippen molar-refractivity contribution in [3.05, 3.63) is 53.6 Å². The number of amides is 1. The Hall–Kier alpha value is -2.14. The van der Waals surface area contributed by atoms with Crippen molar-refractivity contribution in [1.29, 1.82) is 0 Å². The number of hydrogen-bond acceptors (Lipinski definition) is 4. The molecule has 0 aliphatic rings. The quantitative estimate of drug-likeness (QED) is 0.707. The van der Waals surface area contributed by atoms with Gasteiger partial charge in [-0.2, -0.15) is 0 Å². The fourth-order valence-corrected chi connectivity index (χ4v) is 3.17. The first-order valence-electron chi connectivity index (χ1n) is 8.45. The number of ether oxygens (including phenoxy) is 2. The van der Waals surface area contributed by atoms with Crippen LogP contribution in [-0.2, 0) is 10.5 Å². The van der Waals surface area contributed by atoms with Crippen LogP contribution in [0.15, 0.2) is 42.5 Å². The zero-order valence-electron chi connectivity index (χ0n) is 15.0. The standard InChI is InChI=1S/C20H25NO3S/c1-4-23-17-9-10-19(24-5-2)18(12-17)21-20(22)14-25-13-16-8-6-7-15(3)11-16/h6-12H,4-5,13-14H2,1-3H3,(H,21,22). The van der Waals surface area contributed by atoms with Crippen molar-refractivity contribution < 1.29 is 14.3 Å². The number of thioether (sulfide) groups is 1. The van der Waals surface area contributed by atoms with E-state index in [1.165, 1.54) is 11.1 Å². The van der Waals surface area contributed by atoms with Crippen LogP contribution in [0.4, 0.5) is 5.69 Å². The summed E-state index contributed by atoms with van der Waals surface area (Å²) in [5, 5.41) is 2.93. The molecule has 0 spiro atoms. The number of carbonyl (C=O) groups excluding carboxylic acids is 1. The molecule has 0 aliphatic heterocycles. The maximum absolute atomic E-state index is 12.3. The fourth-order valence-electron chi connectivity index (χ4n) is 2.39. The van der Waals surface area contributed by atoms with Gasteiger partial charge in [0.2, 0.25) is 5.91 Å². The lowest BCUT2D eigenvalue weighted by molar-refractivity contribution is -0.113. The SMILES string of the molecule is CCOc1ccc(OCC)c(NC(=O)CSCc2cccc(C)c2)c1. The molecule has 2 aromatic rings. The molecule has 1 amide bonds. The van der Waals surface area contributed by atoms with Gasteiger partial charge in [0.1, 0.15) is 11.5 Å². The smallest absolute Gasteiger partial charge is 0.234 e. The maximum atomic E-state index is 12.3. The largest absolute Gasteiger partial charge is 0.494 e. The molecule has 0 saturated carbocycles. The normalized spacial score (nSPS) is 10.4. The van der Waals surface area contributed by atoms with Crippen LogP contribution in [0.25, 0.3) is 0 Å². The molecule has 0 aliphatic carbocycles. The third-order valence-corrected chi connectivity index (χ3v) is 4.42. The van der Waals surface area contributed by atoms with E-state index >= 15 is 0 Å². The Morgan fingerprint density at radius 3 is 2.60 bits per heavy atom. The average molecular weight is 359 g/mol. The lowest BCUT2D eigenvalue weighted by Crippen LogP contribution is -2.15. The van der Waals surface area contributed by atoms with Crippen molar-refractivity contribution in [1.82, 2.24) is 0 Å². The van der Waals surface area contributed by atoms with Crippen molar-refractivity contribution in [2.75, 3.05) is 24.3 Å². The molecule has 4 nitrogen and oxygen atoms in total. The van der Waals surface area contributed by atoms with Gasteiger partial charge in [0.05, 0.1) is 24.7 Å². The summed E-state index contributed by atoms with van der Waals surface area (Å²) in [6, 6.07) is 13.8. The summed E-state index contributed by atoms with van der Waals surface area (Å²) in [7, 11) is 0. The minimum Gasteiger partial charge on any atom is -0.494 e. The van der Waals surface area contributed by atoms with Crippen molar-refractivity contribution in [3.63, 3.8) is 0 Å². The van der Waals surface area contributed by atoms with Crippen molar-refractivity contribution in [3.8, 4) is 11.5 Å². The second-order valence-corrected chi connectivity index (χ2v) is 6.54. The van der Waals surface area contributed by atoms with E-state index in [4.69, 9.17) is 9.47 Å². The van der Waals surface area contributed by atoms with Gasteiger partial charge < -0.3 is 14.8 Å². The van der Waals surface area contributed by atoms with E-state index in [2.05, 4.69) is 30.4 Å². The lowest BCUT2D eigenvalue weighted by Gasteiger charge is -2.13. The summed E-state index contributed by atoms with van der Waals surface area (Å²) in [5.74, 6) is 2.52. The lowest BCUT2D eigenvalue weighted by atomic mass is 10.2. The summed E-state index contributed by atoms with van der Waals surface area (Å²) in [6.45, 7) is 7.03. The van der Waals surface area contributed by atoms with Crippen LogP contribution in [0.1, 0.15) is 25.0 Å². The van der Waals surface area contributed by atoms with Gasteiger partial charge in [0.25, 0.3) is 0 Å². The summed E-state index contributed by atoms with van der Waals surface area (Å²) in [5.41, 5.74) is 3.11. The predicted molar refractivity (Wildman–Crippen MR) is 105 cm³/mol. The van der Waals surface area contributed by atoms with Crippen LogP contribution < -0.4 is 14.8 Å². The van der Waals surface area contributed by atoms with E-state index in [-0.39, 0.29) is 5.91 Å². The highest BCUT2D eigenvalue weighted by Crippen LogP contribution is 2.29. The average Bonchev–Trinajstić information content (AvgIpc) is 2.58. The van der Waals surface area contributed by atoms with Gasteiger partial charge in [-0.05, 0) is 38.5 Å². The molecular weight excluding hydrogens is 334 g/mol. The van der Waals surface area contributed by atoms with Crippen LogP contribution in [0.5, 0.6) is 11.5 Å². The van der Waals surface area contributed by atoms with Gasteiger partial charge in [-0.15, -0.1) is 11.8 Å². The fraction of sp³-hybridized carbons (Fsp3) is 0.350. The summed E-state index contributed by atoms with van der Waals surface area (Å²) in [6.07, 6.45) is 0. The van der Waals surface area contributed by atoms with E-state index < -0.39 is 0 Å². The van der Waals surface area contributed by atoms with Crippen LogP contribution in [0.3, 0.4) is 0 Å². The Balaban J connectivity index is 1.93. The molecule has 1 N–H and O–H groups in total. The molecule has 0 heterocycles. The van der Waals surface area contributed by atoms with Crippen molar-refractivity contribution >= 4 is 23.4 Å². The van der Waals surface area contributed by atoms with Crippen molar-refractivity contribution in [2.45, 2.75) is 26.5 Å².